The van der Waals surface area contributed by atoms with E-state index < -0.39 is 11.2 Å². The van der Waals surface area contributed by atoms with Gasteiger partial charge in [0.05, 0.1) is 0 Å². The molecule has 0 aliphatic carbocycles. The van der Waals surface area contributed by atoms with E-state index in [0.717, 1.165) is 25.3 Å². The average Bonchev–Trinajstić information content (AvgIpc) is 2.55. The highest BCUT2D eigenvalue weighted by Crippen LogP contribution is 2.25. The fraction of sp³-hybridized carbons (Fsp3) is 0.294. The first-order valence-corrected chi connectivity index (χ1v) is 8.87. The van der Waals surface area contributed by atoms with Crippen molar-refractivity contribution < 1.29 is 4.55 Å². The highest BCUT2D eigenvalue weighted by molar-refractivity contribution is 7.90. The molecule has 0 amide bonds. The molecule has 0 N–H and O–H groups in total. The Labute approximate surface area is 134 Å². The second-order valence-electron chi connectivity index (χ2n) is 5.48. The van der Waals surface area contributed by atoms with Crippen molar-refractivity contribution in [3.05, 3.63) is 53.6 Å². The summed E-state index contributed by atoms with van der Waals surface area (Å²) >= 11 is -1.08. The lowest BCUT2D eigenvalue weighted by Crippen LogP contribution is -2.29. The Bertz CT molecular complexity index is 683. The zero-order valence-corrected chi connectivity index (χ0v) is 13.6. The van der Waals surface area contributed by atoms with E-state index in [0.29, 0.717) is 5.03 Å². The molecule has 0 saturated heterocycles. The normalized spacial score (nSPS) is 16.3. The van der Waals surface area contributed by atoms with E-state index in [1.807, 2.05) is 6.07 Å². The van der Waals surface area contributed by atoms with Crippen molar-refractivity contribution >= 4 is 22.6 Å². The Kier molecular flexibility index (Phi) is 4.45. The number of hydrogen-bond donors (Lipinski definition) is 0. The lowest BCUT2D eigenvalue weighted by molar-refractivity contribution is 0.594. The average molecular weight is 313 g/mol. The molecule has 114 valence electrons. The standard InChI is InChI=1S/C17H19N3OS/c1-13-4-3-5-15(12-13)14-8-10-20(11-9-14)16-6-7-17(19-18-16)22(2)21/h3-8,12H,9-11H2,1-2H3. The van der Waals surface area contributed by atoms with Crippen LogP contribution in [-0.2, 0) is 11.2 Å². The van der Waals surface area contributed by atoms with Gasteiger partial charge in [0.1, 0.15) is 6.26 Å². The van der Waals surface area contributed by atoms with Crippen LogP contribution >= 0.6 is 0 Å². The Hall–Kier alpha value is -1.85. The quantitative estimate of drug-likeness (QED) is 0.818. The molecule has 22 heavy (non-hydrogen) atoms. The molecule has 1 aromatic heterocycles. The summed E-state index contributed by atoms with van der Waals surface area (Å²) in [5.41, 5.74) is 3.98. The Morgan fingerprint density at radius 1 is 1.18 bits per heavy atom. The van der Waals surface area contributed by atoms with Crippen LogP contribution in [0.3, 0.4) is 0 Å². The molecule has 1 aliphatic rings. The molecule has 1 aliphatic heterocycles. The van der Waals surface area contributed by atoms with Gasteiger partial charge in [0.2, 0.25) is 0 Å². The Balaban J connectivity index is 1.73. The lowest BCUT2D eigenvalue weighted by atomic mass is 9.98. The highest BCUT2D eigenvalue weighted by Gasteiger charge is 2.16. The second-order valence-corrected chi connectivity index (χ2v) is 6.81. The maximum absolute atomic E-state index is 11.3. The SMILES string of the molecule is Cc1cccc(C2=CCN(c3ccc([S+](C)[O-])nn3)CC2)c1. The van der Waals surface area contributed by atoms with Crippen molar-refractivity contribution in [3.63, 3.8) is 0 Å². The fourth-order valence-corrected chi connectivity index (χ4v) is 3.03. The third kappa shape index (κ3) is 3.31. The summed E-state index contributed by atoms with van der Waals surface area (Å²) in [5.74, 6) is 0.841. The van der Waals surface area contributed by atoms with Gasteiger partial charge < -0.3 is 9.45 Å². The number of hydrogen-bond acceptors (Lipinski definition) is 4. The third-order valence-electron chi connectivity index (χ3n) is 3.84. The number of anilines is 1. The molecule has 5 heteroatoms. The minimum atomic E-state index is -1.08. The van der Waals surface area contributed by atoms with Crippen LogP contribution in [-0.4, -0.2) is 34.1 Å². The van der Waals surface area contributed by atoms with Gasteiger partial charge in [0.25, 0.3) is 5.03 Å². The van der Waals surface area contributed by atoms with Crippen LogP contribution in [0, 0.1) is 6.92 Å². The number of aromatic nitrogens is 2. The molecule has 1 atom stereocenters. The Morgan fingerprint density at radius 3 is 2.64 bits per heavy atom. The van der Waals surface area contributed by atoms with Crippen LogP contribution in [0.25, 0.3) is 5.57 Å². The van der Waals surface area contributed by atoms with Crippen molar-refractivity contribution in [1.82, 2.24) is 10.2 Å². The summed E-state index contributed by atoms with van der Waals surface area (Å²) in [6.45, 7) is 3.86. The summed E-state index contributed by atoms with van der Waals surface area (Å²) in [6, 6.07) is 12.3. The molecule has 2 heterocycles. The lowest BCUT2D eigenvalue weighted by Gasteiger charge is -2.27. The molecule has 1 unspecified atom stereocenters. The molecule has 4 nitrogen and oxygen atoms in total. The smallest absolute Gasteiger partial charge is 0.263 e. The molecule has 3 rings (SSSR count). The van der Waals surface area contributed by atoms with Crippen molar-refractivity contribution in [2.24, 2.45) is 0 Å². The predicted octanol–water partition coefficient (Wildman–Crippen LogP) is 2.82. The summed E-state index contributed by atoms with van der Waals surface area (Å²) in [4.78, 5) is 2.19. The maximum Gasteiger partial charge on any atom is 0.263 e. The topological polar surface area (TPSA) is 52.1 Å². The van der Waals surface area contributed by atoms with E-state index in [9.17, 15) is 4.55 Å². The van der Waals surface area contributed by atoms with Gasteiger partial charge in [-0.25, -0.2) is 0 Å². The van der Waals surface area contributed by atoms with Crippen molar-refractivity contribution in [3.8, 4) is 0 Å². The van der Waals surface area contributed by atoms with Gasteiger partial charge in [0.15, 0.2) is 5.82 Å². The number of benzene rings is 1. The molecular formula is C17H19N3OS. The summed E-state index contributed by atoms with van der Waals surface area (Å²) in [6.07, 6.45) is 4.86. The first kappa shape index (κ1) is 15.1. The van der Waals surface area contributed by atoms with Gasteiger partial charge in [-0.2, -0.15) is 0 Å². The molecule has 0 saturated carbocycles. The summed E-state index contributed by atoms with van der Waals surface area (Å²) in [5, 5.41) is 8.74. The molecular weight excluding hydrogens is 294 g/mol. The van der Waals surface area contributed by atoms with E-state index in [-0.39, 0.29) is 0 Å². The largest absolute Gasteiger partial charge is 0.610 e. The zero-order valence-electron chi connectivity index (χ0n) is 12.8. The van der Waals surface area contributed by atoms with Crippen LogP contribution in [0.5, 0.6) is 0 Å². The third-order valence-corrected chi connectivity index (χ3v) is 4.65. The van der Waals surface area contributed by atoms with E-state index in [2.05, 4.69) is 52.4 Å². The molecule has 0 fully saturated rings. The minimum absolute atomic E-state index is 0.525. The number of nitrogens with zero attached hydrogens (tertiary/aromatic N) is 3. The summed E-state index contributed by atoms with van der Waals surface area (Å²) in [7, 11) is 0. The summed E-state index contributed by atoms with van der Waals surface area (Å²) < 4.78 is 11.3. The van der Waals surface area contributed by atoms with Crippen LogP contribution in [0.2, 0.25) is 0 Å². The van der Waals surface area contributed by atoms with E-state index >= 15 is 0 Å². The first-order chi connectivity index (χ1) is 10.6. The van der Waals surface area contributed by atoms with Crippen molar-refractivity contribution in [2.45, 2.75) is 18.4 Å². The fourth-order valence-electron chi connectivity index (χ4n) is 2.62. The van der Waals surface area contributed by atoms with Gasteiger partial charge in [-0.3, -0.25) is 0 Å². The Morgan fingerprint density at radius 2 is 2.05 bits per heavy atom. The van der Waals surface area contributed by atoms with Gasteiger partial charge in [0, 0.05) is 30.3 Å². The van der Waals surface area contributed by atoms with Gasteiger partial charge in [-0.1, -0.05) is 41.0 Å². The predicted molar refractivity (Wildman–Crippen MR) is 90.4 cm³/mol. The maximum atomic E-state index is 11.3. The second kappa shape index (κ2) is 6.50. The van der Waals surface area contributed by atoms with Crippen molar-refractivity contribution in [1.29, 1.82) is 0 Å². The van der Waals surface area contributed by atoms with Crippen molar-refractivity contribution in [2.75, 3.05) is 24.2 Å². The highest BCUT2D eigenvalue weighted by atomic mass is 32.2. The number of aryl methyl sites for hydroxylation is 1. The van der Waals surface area contributed by atoms with Gasteiger partial charge in [-0.15, -0.1) is 5.10 Å². The molecule has 0 radical (unpaired) electrons. The van der Waals surface area contributed by atoms with E-state index in [1.165, 1.54) is 16.7 Å². The van der Waals surface area contributed by atoms with Crippen LogP contribution in [0.1, 0.15) is 17.5 Å². The minimum Gasteiger partial charge on any atom is -0.610 e. The van der Waals surface area contributed by atoms with Gasteiger partial charge in [-0.05, 0) is 30.5 Å². The molecule has 0 bridgehead atoms. The van der Waals surface area contributed by atoms with Crippen LogP contribution in [0.4, 0.5) is 5.82 Å². The monoisotopic (exact) mass is 313 g/mol. The molecule has 1 aromatic carbocycles. The van der Waals surface area contributed by atoms with Gasteiger partial charge >= 0.3 is 0 Å². The van der Waals surface area contributed by atoms with Crippen LogP contribution < -0.4 is 4.90 Å². The van der Waals surface area contributed by atoms with E-state index in [1.54, 1.807) is 12.3 Å². The van der Waals surface area contributed by atoms with Crippen LogP contribution in [0.15, 0.2) is 47.5 Å². The number of rotatable bonds is 3. The molecule has 2 aromatic rings. The first-order valence-electron chi connectivity index (χ1n) is 7.31. The zero-order chi connectivity index (χ0) is 15.5. The molecule has 0 spiro atoms. The van der Waals surface area contributed by atoms with E-state index in [4.69, 9.17) is 0 Å².